The molecule has 0 amide bonds. The van der Waals surface area contributed by atoms with Crippen LogP contribution in [0.4, 0.5) is 30.7 Å². The average molecular weight is 615 g/mol. The predicted octanol–water partition coefficient (Wildman–Crippen LogP) is 5.67. The molecule has 2 aromatic rings. The van der Waals surface area contributed by atoms with E-state index >= 15 is 0 Å². The monoisotopic (exact) mass is 614 g/mol. The van der Waals surface area contributed by atoms with E-state index in [0.29, 0.717) is 23.7 Å². The fourth-order valence-corrected chi connectivity index (χ4v) is 6.10. The largest absolute Gasteiger partial charge is 0.741 e. The van der Waals surface area contributed by atoms with Crippen LogP contribution in [0.2, 0.25) is 0 Å². The van der Waals surface area contributed by atoms with Crippen molar-refractivity contribution in [3.63, 3.8) is 0 Å². The van der Waals surface area contributed by atoms with Crippen molar-refractivity contribution in [2.24, 2.45) is 17.8 Å². The maximum Gasteiger partial charge on any atom is 0.485 e. The third kappa shape index (κ3) is 7.11. The van der Waals surface area contributed by atoms with Crippen molar-refractivity contribution in [1.29, 1.82) is 0 Å². The standard InChI is InChI=1S/C12H13S.C9H12F4O3S.CHF3O3S/c1-13(2)12-9-5-7-10-6-3-4-8-11(10)12;10-8(11,9(12,13)17(14,15)16)7-4-5-1-2-6(7)3-5;2-1(3,4)8(5,6)7/h3-9H,1-2H3;5-7H,1-4H2,(H,14,15,16);(H,5,6,7)/q+1;;/p-1. The summed E-state index contributed by atoms with van der Waals surface area (Å²) < 4.78 is 141. The van der Waals surface area contributed by atoms with E-state index in [9.17, 15) is 39.2 Å². The highest BCUT2D eigenvalue weighted by Gasteiger charge is 2.71. The fourth-order valence-electron chi connectivity index (χ4n) is 4.63. The highest BCUT2D eigenvalue weighted by atomic mass is 32.2. The van der Waals surface area contributed by atoms with Crippen LogP contribution in [-0.4, -0.2) is 55.1 Å². The summed E-state index contributed by atoms with van der Waals surface area (Å²) in [6.07, 6.45) is 6.04. The van der Waals surface area contributed by atoms with E-state index in [1.807, 2.05) is 0 Å². The van der Waals surface area contributed by atoms with E-state index in [1.54, 1.807) is 0 Å². The quantitative estimate of drug-likeness (QED) is 0.206. The molecule has 2 fully saturated rings. The number of halogens is 7. The van der Waals surface area contributed by atoms with Gasteiger partial charge in [-0.3, -0.25) is 4.55 Å². The van der Waals surface area contributed by atoms with E-state index in [4.69, 9.17) is 17.5 Å². The highest BCUT2D eigenvalue weighted by Crippen LogP contribution is 2.58. The Labute approximate surface area is 218 Å². The molecule has 1 N–H and O–H groups in total. The van der Waals surface area contributed by atoms with Crippen molar-refractivity contribution in [3.8, 4) is 0 Å². The van der Waals surface area contributed by atoms with Crippen LogP contribution in [0.5, 0.6) is 0 Å². The van der Waals surface area contributed by atoms with Crippen molar-refractivity contribution >= 4 is 41.9 Å². The summed E-state index contributed by atoms with van der Waals surface area (Å²) in [7, 11) is -11.8. The first-order valence-corrected chi connectivity index (χ1v) is 15.8. The Morgan fingerprint density at radius 3 is 1.82 bits per heavy atom. The van der Waals surface area contributed by atoms with Gasteiger partial charge in [-0.15, -0.1) is 0 Å². The van der Waals surface area contributed by atoms with E-state index in [0.717, 1.165) is 6.42 Å². The summed E-state index contributed by atoms with van der Waals surface area (Å²) in [6, 6.07) is 15.1. The number of fused-ring (bicyclic) bond motifs is 3. The number of hydrogen-bond acceptors (Lipinski definition) is 5. The van der Waals surface area contributed by atoms with Gasteiger partial charge < -0.3 is 4.55 Å². The lowest BCUT2D eigenvalue weighted by Crippen LogP contribution is -2.52. The molecule has 0 saturated heterocycles. The Balaban J connectivity index is 0.000000215. The topological polar surface area (TPSA) is 112 Å². The Morgan fingerprint density at radius 1 is 0.868 bits per heavy atom. The molecule has 4 rings (SSSR count). The number of benzene rings is 2. The van der Waals surface area contributed by atoms with Gasteiger partial charge in [0, 0.05) is 22.2 Å². The Morgan fingerprint density at radius 2 is 1.39 bits per heavy atom. The molecule has 2 saturated carbocycles. The minimum absolute atomic E-state index is 0.0203. The van der Waals surface area contributed by atoms with Crippen molar-refractivity contribution in [2.45, 2.75) is 47.3 Å². The van der Waals surface area contributed by atoms with E-state index in [1.165, 1.54) is 15.7 Å². The summed E-state index contributed by atoms with van der Waals surface area (Å²) in [4.78, 5) is 1.47. The minimum Gasteiger partial charge on any atom is -0.741 e. The van der Waals surface area contributed by atoms with Gasteiger partial charge in [-0.2, -0.15) is 39.2 Å². The van der Waals surface area contributed by atoms with E-state index in [-0.39, 0.29) is 12.3 Å². The average Bonchev–Trinajstić information content (AvgIpc) is 3.41. The van der Waals surface area contributed by atoms with Gasteiger partial charge in [-0.1, -0.05) is 36.8 Å². The van der Waals surface area contributed by atoms with Crippen LogP contribution in [0.1, 0.15) is 25.7 Å². The first-order valence-electron chi connectivity index (χ1n) is 10.9. The van der Waals surface area contributed by atoms with Crippen LogP contribution in [0, 0.1) is 17.8 Å². The number of hydrogen-bond donors (Lipinski definition) is 1. The van der Waals surface area contributed by atoms with Gasteiger partial charge in [0.2, 0.25) is 0 Å². The molecule has 0 aliphatic heterocycles. The molecule has 16 heteroatoms. The molecule has 2 aliphatic carbocycles. The van der Waals surface area contributed by atoms with Crippen molar-refractivity contribution < 1.29 is 56.7 Å². The Hall–Kier alpha value is -1.62. The summed E-state index contributed by atoms with van der Waals surface area (Å²) in [5.41, 5.74) is -5.65. The number of rotatable bonds is 4. The molecular weight excluding hydrogens is 589 g/mol. The molecule has 0 heterocycles. The second kappa shape index (κ2) is 11.5. The van der Waals surface area contributed by atoms with Crippen LogP contribution in [0.25, 0.3) is 10.8 Å². The zero-order valence-corrected chi connectivity index (χ0v) is 22.4. The summed E-state index contributed by atoms with van der Waals surface area (Å²) >= 11 is 0. The molecule has 2 aromatic carbocycles. The van der Waals surface area contributed by atoms with Crippen LogP contribution in [0.3, 0.4) is 0 Å². The molecule has 0 spiro atoms. The molecule has 0 radical (unpaired) electrons. The maximum absolute atomic E-state index is 13.6. The van der Waals surface area contributed by atoms with Crippen molar-refractivity contribution in [2.75, 3.05) is 12.5 Å². The summed E-state index contributed by atoms with van der Waals surface area (Å²) in [5.74, 6) is -6.95. The lowest BCUT2D eigenvalue weighted by Gasteiger charge is -2.33. The zero-order chi connectivity index (χ0) is 29.3. The normalized spacial score (nSPS) is 22.1. The van der Waals surface area contributed by atoms with Crippen LogP contribution in [-0.2, 0) is 31.1 Å². The third-order valence-electron chi connectivity index (χ3n) is 6.39. The zero-order valence-electron chi connectivity index (χ0n) is 20.0. The molecule has 2 bridgehead atoms. The van der Waals surface area contributed by atoms with Gasteiger partial charge in [0.05, 0.1) is 0 Å². The Bertz CT molecular complexity index is 1320. The second-order valence-electron chi connectivity index (χ2n) is 9.09. The van der Waals surface area contributed by atoms with Crippen molar-refractivity contribution in [3.05, 3.63) is 42.5 Å². The minimum atomic E-state index is -6.10. The first kappa shape index (κ1) is 32.6. The fraction of sp³-hybridized carbons (Fsp3) is 0.545. The second-order valence-corrected chi connectivity index (χ2v) is 14.0. The first-order chi connectivity index (χ1) is 17.1. The van der Waals surface area contributed by atoms with Gasteiger partial charge >= 0.3 is 26.8 Å². The van der Waals surface area contributed by atoms with Gasteiger partial charge in [-0.25, -0.2) is 8.42 Å². The third-order valence-corrected chi connectivity index (χ3v) is 9.11. The molecule has 2 aliphatic rings. The maximum atomic E-state index is 13.6. The highest BCUT2D eigenvalue weighted by molar-refractivity contribution is 7.95. The molecular formula is C22H25F7O6S3. The Kier molecular flexibility index (Phi) is 9.84. The molecule has 38 heavy (non-hydrogen) atoms. The van der Waals surface area contributed by atoms with Gasteiger partial charge in [0.25, 0.3) is 0 Å². The van der Waals surface area contributed by atoms with Gasteiger partial charge in [0.1, 0.15) is 12.5 Å². The smallest absolute Gasteiger partial charge is 0.485 e. The van der Waals surface area contributed by atoms with E-state index in [2.05, 4.69) is 55.0 Å². The van der Waals surface area contributed by atoms with Crippen LogP contribution >= 0.6 is 0 Å². The molecule has 3 unspecified atom stereocenters. The van der Waals surface area contributed by atoms with E-state index < -0.39 is 48.8 Å². The van der Waals surface area contributed by atoms with Gasteiger partial charge in [0.15, 0.2) is 15.0 Å². The van der Waals surface area contributed by atoms with Gasteiger partial charge in [-0.05, 0) is 48.6 Å². The van der Waals surface area contributed by atoms with Crippen molar-refractivity contribution in [1.82, 2.24) is 0 Å². The summed E-state index contributed by atoms with van der Waals surface area (Å²) in [5, 5.41) is -2.66. The summed E-state index contributed by atoms with van der Waals surface area (Å²) in [6.45, 7) is 0. The molecule has 216 valence electrons. The predicted molar refractivity (Wildman–Crippen MR) is 128 cm³/mol. The lowest BCUT2D eigenvalue weighted by molar-refractivity contribution is -0.202. The SMILES string of the molecule is C[S+](C)c1cccc2ccccc12.O=S(=O)(O)C(F)(F)C(F)(F)C1CC2CCC1C2.O=S(=O)([O-])C(F)(F)F. The molecule has 6 nitrogen and oxygen atoms in total. The van der Waals surface area contributed by atoms with Crippen LogP contribution in [0.15, 0.2) is 47.4 Å². The molecule has 0 aromatic heterocycles. The van der Waals surface area contributed by atoms with Crippen LogP contribution < -0.4 is 0 Å². The lowest BCUT2D eigenvalue weighted by atomic mass is 9.84. The molecule has 3 atom stereocenters. The number of alkyl halides is 7.